The van der Waals surface area contributed by atoms with Crippen LogP contribution < -0.4 is 49.1 Å². The molecule has 16 N–H and O–H groups in total. The van der Waals surface area contributed by atoms with Crippen molar-refractivity contribution >= 4 is 76.8 Å². The number of aliphatic hydroxyl groups excluding tert-OH is 1. The van der Waals surface area contributed by atoms with E-state index < -0.39 is 114 Å². The average molecular weight is 947 g/mol. The Morgan fingerprint density at radius 1 is 0.582 bits per heavy atom. The lowest BCUT2D eigenvalue weighted by Gasteiger charge is -2.27. The Labute approximate surface area is 389 Å². The fraction of sp³-hybridized carbons (Fsp3) is 0.341. The van der Waals surface area contributed by atoms with Crippen LogP contribution in [0.25, 0.3) is 10.9 Å². The Morgan fingerprint density at radius 2 is 1.07 bits per heavy atom. The zero-order valence-corrected chi connectivity index (χ0v) is 36.9. The SMILES string of the molecule is NC(=O)CCC(N)C(=O)NC(Cc1c[nH]c2ccccc12)C(=O)NC(Cc1ccccc1)C(=O)NC(CS)C(=O)NC(CC(N)=O)C(=O)NC(CO)C(=O)NC(Cc1ccc(O)cc1)C(=O)O. The number of thiol groups is 1. The van der Waals surface area contributed by atoms with Crippen molar-refractivity contribution in [1.82, 2.24) is 36.9 Å². The maximum absolute atomic E-state index is 14.2. The summed E-state index contributed by atoms with van der Waals surface area (Å²) >= 11 is 4.20. The number of phenols is 1. The smallest absolute Gasteiger partial charge is 0.326 e. The molecule has 23 heteroatoms. The minimum Gasteiger partial charge on any atom is -0.508 e. The maximum Gasteiger partial charge on any atom is 0.326 e. The Morgan fingerprint density at radius 3 is 1.69 bits per heavy atom. The number of H-pyrrole nitrogens is 1. The molecule has 22 nitrogen and oxygen atoms in total. The number of rotatable bonds is 26. The van der Waals surface area contributed by atoms with Crippen LogP contribution in [0.4, 0.5) is 0 Å². The number of aliphatic hydroxyl groups is 1. The number of fused-ring (bicyclic) bond motifs is 1. The molecule has 4 rings (SSSR count). The fourth-order valence-corrected chi connectivity index (χ4v) is 6.98. The molecule has 0 fully saturated rings. The lowest BCUT2D eigenvalue weighted by Crippen LogP contribution is -2.61. The Hall–Kier alpha value is -7.50. The van der Waals surface area contributed by atoms with Crippen LogP contribution in [0.15, 0.2) is 85.1 Å². The Bertz CT molecular complexity index is 2400. The van der Waals surface area contributed by atoms with Crippen LogP contribution in [0.5, 0.6) is 5.75 Å². The molecule has 7 unspecified atom stereocenters. The van der Waals surface area contributed by atoms with Crippen LogP contribution >= 0.6 is 12.6 Å². The molecule has 0 aliphatic rings. The number of carbonyl (C=O) groups excluding carboxylic acids is 8. The molecule has 0 spiro atoms. The van der Waals surface area contributed by atoms with Gasteiger partial charge < -0.3 is 69.4 Å². The second-order valence-electron chi connectivity index (χ2n) is 15.5. The number of primary amides is 2. The van der Waals surface area contributed by atoms with Crippen molar-refractivity contribution in [2.45, 2.75) is 80.8 Å². The molecule has 4 aromatic rings. The third-order valence-electron chi connectivity index (χ3n) is 10.3. The minimum atomic E-state index is -1.79. The maximum atomic E-state index is 14.2. The largest absolute Gasteiger partial charge is 0.508 e. The van der Waals surface area contributed by atoms with Gasteiger partial charge in [-0.15, -0.1) is 0 Å². The zero-order valence-electron chi connectivity index (χ0n) is 36.0. The highest BCUT2D eigenvalue weighted by atomic mass is 32.1. The van der Waals surface area contributed by atoms with E-state index in [0.717, 1.165) is 10.9 Å². The number of nitrogens with one attached hydrogen (secondary N) is 7. The van der Waals surface area contributed by atoms with Crippen molar-refractivity contribution in [3.05, 3.63) is 102 Å². The van der Waals surface area contributed by atoms with Crippen molar-refractivity contribution in [1.29, 1.82) is 0 Å². The summed E-state index contributed by atoms with van der Waals surface area (Å²) in [5.41, 5.74) is 19.0. The second kappa shape index (κ2) is 25.3. The van der Waals surface area contributed by atoms with Crippen molar-refractivity contribution in [2.24, 2.45) is 17.2 Å². The highest BCUT2D eigenvalue weighted by molar-refractivity contribution is 7.80. The van der Waals surface area contributed by atoms with Crippen molar-refractivity contribution in [3.8, 4) is 5.75 Å². The number of phenolic OH excluding ortho intramolecular Hbond substituents is 1. The first-order valence-electron chi connectivity index (χ1n) is 20.8. The lowest BCUT2D eigenvalue weighted by molar-refractivity contribution is -0.142. The van der Waals surface area contributed by atoms with Crippen LogP contribution in [0.1, 0.15) is 36.0 Å². The quantitative estimate of drug-likeness (QED) is 0.0285. The molecule has 0 radical (unpaired) electrons. The number of carboxylic acids is 1. The van der Waals surface area contributed by atoms with Crippen molar-refractivity contribution in [3.63, 3.8) is 0 Å². The van der Waals surface area contributed by atoms with Gasteiger partial charge in [0.1, 0.15) is 42.0 Å². The van der Waals surface area contributed by atoms with Gasteiger partial charge in [0.2, 0.25) is 47.3 Å². The molecule has 1 heterocycles. The Balaban J connectivity index is 1.51. The lowest BCUT2D eigenvalue weighted by atomic mass is 10.0. The number of aromatic amines is 1. The van der Waals surface area contributed by atoms with Gasteiger partial charge in [0, 0.05) is 48.5 Å². The summed E-state index contributed by atoms with van der Waals surface area (Å²) in [5, 5.41) is 44.4. The number of aromatic nitrogens is 1. The van der Waals surface area contributed by atoms with E-state index >= 15 is 0 Å². The number of amides is 8. The molecule has 8 amide bonds. The fourth-order valence-electron chi connectivity index (χ4n) is 6.72. The summed E-state index contributed by atoms with van der Waals surface area (Å²) in [6, 6.07) is 10.6. The van der Waals surface area contributed by atoms with E-state index in [4.69, 9.17) is 17.2 Å². The van der Waals surface area contributed by atoms with Gasteiger partial charge in [0.25, 0.3) is 0 Å². The number of aromatic hydroxyl groups is 1. The highest BCUT2D eigenvalue weighted by Crippen LogP contribution is 2.20. The average Bonchev–Trinajstić information content (AvgIpc) is 3.71. The number of nitrogens with two attached hydrogens (primary N) is 3. The van der Waals surface area contributed by atoms with Crippen LogP contribution in [-0.2, 0) is 62.4 Å². The van der Waals surface area contributed by atoms with Crippen LogP contribution in [0.2, 0.25) is 0 Å². The molecule has 67 heavy (non-hydrogen) atoms. The first-order chi connectivity index (χ1) is 31.9. The topological polar surface area (TPSA) is 380 Å². The first-order valence-corrected chi connectivity index (χ1v) is 21.5. The van der Waals surface area contributed by atoms with Gasteiger partial charge in [0.15, 0.2) is 0 Å². The number of para-hydroxylation sites is 1. The monoisotopic (exact) mass is 946 g/mol. The van der Waals surface area contributed by atoms with Crippen LogP contribution in [0.3, 0.4) is 0 Å². The molecule has 1 aromatic heterocycles. The number of hydrogen-bond acceptors (Lipinski definition) is 13. The van der Waals surface area contributed by atoms with Gasteiger partial charge in [-0.3, -0.25) is 38.4 Å². The van der Waals surface area contributed by atoms with Crippen LogP contribution in [-0.4, -0.2) is 128 Å². The van der Waals surface area contributed by atoms with Gasteiger partial charge in [-0.1, -0.05) is 60.7 Å². The van der Waals surface area contributed by atoms with Gasteiger partial charge in [0.05, 0.1) is 19.1 Å². The number of aliphatic carboxylic acids is 1. The number of carboxylic acid groups (broad SMARTS) is 1. The van der Waals surface area contributed by atoms with Crippen molar-refractivity contribution < 1.29 is 58.5 Å². The van der Waals surface area contributed by atoms with E-state index in [-0.39, 0.29) is 37.9 Å². The zero-order chi connectivity index (χ0) is 49.2. The van der Waals surface area contributed by atoms with Crippen LogP contribution in [0, 0.1) is 0 Å². The van der Waals surface area contributed by atoms with E-state index in [1.165, 1.54) is 24.3 Å². The second-order valence-corrected chi connectivity index (χ2v) is 15.8. The van der Waals surface area contributed by atoms with Gasteiger partial charge in [-0.05, 0) is 41.3 Å². The molecule has 0 aliphatic carbocycles. The molecule has 0 bridgehead atoms. The van der Waals surface area contributed by atoms with E-state index in [2.05, 4.69) is 49.5 Å². The molecular weight excluding hydrogens is 893 g/mol. The molecular formula is C44H54N10O12S. The van der Waals surface area contributed by atoms with Gasteiger partial charge in [-0.25, -0.2) is 4.79 Å². The number of hydrogen-bond donors (Lipinski definition) is 14. The normalized spacial score (nSPS) is 14.1. The van der Waals surface area contributed by atoms with E-state index in [1.807, 2.05) is 12.1 Å². The Kier molecular flexibility index (Phi) is 19.7. The highest BCUT2D eigenvalue weighted by Gasteiger charge is 2.34. The predicted molar refractivity (Wildman–Crippen MR) is 244 cm³/mol. The summed E-state index contributed by atoms with van der Waals surface area (Å²) < 4.78 is 0. The summed E-state index contributed by atoms with van der Waals surface area (Å²) in [4.78, 5) is 120. The predicted octanol–water partition coefficient (Wildman–Crippen LogP) is -2.71. The molecule has 358 valence electrons. The summed E-state index contributed by atoms with van der Waals surface area (Å²) in [7, 11) is 0. The molecule has 7 atom stereocenters. The minimum absolute atomic E-state index is 0.0758. The van der Waals surface area contributed by atoms with Crippen molar-refractivity contribution in [2.75, 3.05) is 12.4 Å². The molecule has 0 aliphatic heterocycles. The third kappa shape index (κ3) is 16.2. The first kappa shape index (κ1) is 52.1. The molecule has 3 aromatic carbocycles. The van der Waals surface area contributed by atoms with Gasteiger partial charge in [-0.2, -0.15) is 12.6 Å². The van der Waals surface area contributed by atoms with E-state index in [0.29, 0.717) is 16.7 Å². The molecule has 0 saturated heterocycles. The standard InChI is InChI=1S/C44H54N10O12S/c45-28(14-15-36(46)57)38(59)49-31(18-25-20-48-29-9-5-4-8-27(25)29)40(61)50-30(16-23-6-2-1-3-7-23)39(60)54-35(22-67)43(64)51-32(19-37(47)58)41(62)53-34(21-55)42(63)52-33(44(65)66)17-24-10-12-26(56)13-11-24/h1-13,20,28,30-35,48,55-56,67H,14-19,21-22,45H2,(H2,46,57)(H2,47,58)(H,49,59)(H,50,61)(H,51,64)(H,52,63)(H,53,62)(H,54,60)(H,65,66). The van der Waals surface area contributed by atoms with E-state index in [1.54, 1.807) is 48.7 Å². The molecule has 0 saturated carbocycles. The summed E-state index contributed by atoms with van der Waals surface area (Å²) in [6.07, 6.45) is 0.0930. The number of benzene rings is 3. The number of carbonyl (C=O) groups is 9. The van der Waals surface area contributed by atoms with Gasteiger partial charge >= 0.3 is 5.97 Å². The summed E-state index contributed by atoms with van der Waals surface area (Å²) in [5.74, 6) is -9.57. The summed E-state index contributed by atoms with van der Waals surface area (Å²) in [6.45, 7) is -1.04. The van der Waals surface area contributed by atoms with E-state index in [9.17, 15) is 58.5 Å². The third-order valence-corrected chi connectivity index (χ3v) is 10.7.